The molecule has 0 aromatic heterocycles. The van der Waals surface area contributed by atoms with Crippen molar-refractivity contribution in [3.8, 4) is 22.6 Å². The largest absolute Gasteiger partial charge is 0.511 e. The number of methoxy groups -OCH3 is 1. The summed E-state index contributed by atoms with van der Waals surface area (Å²) in [5, 5.41) is 43.9. The van der Waals surface area contributed by atoms with Crippen LogP contribution in [-0.4, -0.2) is 68.6 Å². The molecule has 1 amide bonds. The summed E-state index contributed by atoms with van der Waals surface area (Å²) >= 11 is 0. The fourth-order valence-electron chi connectivity index (χ4n) is 6.64. The van der Waals surface area contributed by atoms with E-state index in [0.717, 1.165) is 24.2 Å². The maximum absolute atomic E-state index is 13.9. The van der Waals surface area contributed by atoms with Crippen molar-refractivity contribution >= 4 is 17.5 Å². The Morgan fingerprint density at radius 3 is 2.41 bits per heavy atom. The number of nitrogens with zero attached hydrogens (tertiary/aromatic N) is 1. The smallest absolute Gasteiger partial charge is 0.255 e. The number of allylic oxidation sites excluding steroid dienone is 2. The van der Waals surface area contributed by atoms with E-state index in [1.807, 2.05) is 18.2 Å². The molecule has 6 N–H and O–H groups in total. The molecule has 5 rings (SSSR count). The molecule has 2 aromatic carbocycles. The van der Waals surface area contributed by atoms with Gasteiger partial charge in [0.1, 0.15) is 28.6 Å². The van der Waals surface area contributed by atoms with Crippen LogP contribution in [0.4, 0.5) is 0 Å². The number of ketones is 2. The number of nitrogens with two attached hydrogens (primary N) is 1. The van der Waals surface area contributed by atoms with Gasteiger partial charge in [-0.3, -0.25) is 19.3 Å². The van der Waals surface area contributed by atoms with Gasteiger partial charge in [-0.25, -0.2) is 0 Å². The number of ether oxygens (including phenoxy) is 1. The molecule has 3 aliphatic carbocycles. The molecule has 3 aliphatic rings. The second-order valence-corrected chi connectivity index (χ2v) is 10.9. The molecule has 0 saturated heterocycles. The van der Waals surface area contributed by atoms with Crippen LogP contribution in [0.3, 0.4) is 0 Å². The van der Waals surface area contributed by atoms with E-state index in [1.165, 1.54) is 6.07 Å². The third kappa shape index (κ3) is 4.29. The number of aromatic hydroxyl groups is 1. The number of phenolic OH excluding ortho intramolecular Hbond substituents is 1. The molecule has 0 bridgehead atoms. The lowest BCUT2D eigenvalue weighted by Gasteiger charge is -2.45. The van der Waals surface area contributed by atoms with E-state index < -0.39 is 52.0 Å². The van der Waals surface area contributed by atoms with E-state index >= 15 is 0 Å². The average Bonchev–Trinajstić information content (AvgIpc) is 2.93. The van der Waals surface area contributed by atoms with Crippen molar-refractivity contribution in [3.05, 3.63) is 69.7 Å². The van der Waals surface area contributed by atoms with Gasteiger partial charge in [0.15, 0.2) is 11.4 Å². The average molecular weight is 563 g/mol. The van der Waals surface area contributed by atoms with Crippen molar-refractivity contribution in [2.75, 3.05) is 20.2 Å². The minimum atomic E-state index is -2.59. The summed E-state index contributed by atoms with van der Waals surface area (Å²) in [6.45, 7) is 6.65. The van der Waals surface area contributed by atoms with Crippen LogP contribution in [0, 0.1) is 11.8 Å². The molecule has 0 unspecified atom stereocenters. The number of phenols is 1. The summed E-state index contributed by atoms with van der Waals surface area (Å²) in [6.07, 6.45) is 0.00220. The van der Waals surface area contributed by atoms with E-state index in [9.17, 15) is 34.8 Å². The number of primary amides is 1. The lowest BCUT2D eigenvalue weighted by Crippen LogP contribution is -2.57. The molecule has 0 radical (unpaired) electrons. The molecule has 0 aliphatic heterocycles. The molecule has 10 heteroatoms. The molecule has 0 fully saturated rings. The second kappa shape index (κ2) is 10.4. The number of hydrogen-bond donors (Lipinski definition) is 5. The maximum Gasteiger partial charge on any atom is 0.255 e. The minimum Gasteiger partial charge on any atom is -0.511 e. The van der Waals surface area contributed by atoms with Gasteiger partial charge in [0.05, 0.1) is 12.7 Å². The molecular weight excluding hydrogens is 528 g/mol. The summed E-state index contributed by atoms with van der Waals surface area (Å²) in [5.74, 6) is -5.94. The highest BCUT2D eigenvalue weighted by Crippen LogP contribution is 2.52. The lowest BCUT2D eigenvalue weighted by atomic mass is 9.60. The Balaban J connectivity index is 1.65. The van der Waals surface area contributed by atoms with Gasteiger partial charge >= 0.3 is 0 Å². The molecule has 41 heavy (non-hydrogen) atoms. The van der Waals surface area contributed by atoms with Gasteiger partial charge in [-0.2, -0.15) is 0 Å². The summed E-state index contributed by atoms with van der Waals surface area (Å²) in [7, 11) is 1.56. The first kappa shape index (κ1) is 28.4. The van der Waals surface area contributed by atoms with Crippen LogP contribution < -0.4 is 10.5 Å². The topological polar surface area (TPSA) is 171 Å². The Morgan fingerprint density at radius 2 is 1.78 bits per heavy atom. The highest BCUT2D eigenvalue weighted by Gasteiger charge is 2.59. The fourth-order valence-corrected chi connectivity index (χ4v) is 6.64. The van der Waals surface area contributed by atoms with Crippen LogP contribution in [0.15, 0.2) is 53.0 Å². The van der Waals surface area contributed by atoms with Crippen LogP contribution in [0.5, 0.6) is 11.5 Å². The van der Waals surface area contributed by atoms with Crippen molar-refractivity contribution in [3.63, 3.8) is 0 Å². The van der Waals surface area contributed by atoms with E-state index in [-0.39, 0.29) is 36.1 Å². The van der Waals surface area contributed by atoms with Gasteiger partial charge in [0.25, 0.3) is 5.91 Å². The number of hydrogen-bond acceptors (Lipinski definition) is 9. The van der Waals surface area contributed by atoms with Gasteiger partial charge in [-0.1, -0.05) is 26.0 Å². The predicted octanol–water partition coefficient (Wildman–Crippen LogP) is 3.10. The zero-order valence-electron chi connectivity index (χ0n) is 23.2. The first-order chi connectivity index (χ1) is 19.5. The van der Waals surface area contributed by atoms with Crippen LogP contribution in [0.1, 0.15) is 48.2 Å². The minimum absolute atomic E-state index is 0.0321. The number of aliphatic hydroxyl groups is 3. The van der Waals surface area contributed by atoms with Gasteiger partial charge in [-0.15, -0.1) is 0 Å². The third-order valence-corrected chi connectivity index (χ3v) is 8.80. The maximum atomic E-state index is 13.9. The van der Waals surface area contributed by atoms with Gasteiger partial charge in [0, 0.05) is 30.0 Å². The zero-order valence-corrected chi connectivity index (χ0v) is 23.2. The van der Waals surface area contributed by atoms with E-state index in [4.69, 9.17) is 10.5 Å². The molecule has 0 heterocycles. The molecule has 216 valence electrons. The van der Waals surface area contributed by atoms with Crippen molar-refractivity contribution in [1.82, 2.24) is 4.90 Å². The molecule has 2 aromatic rings. The number of carbonyl (C=O) groups excluding carboxylic acids is 3. The number of amides is 1. The molecule has 10 nitrogen and oxygen atoms in total. The van der Waals surface area contributed by atoms with Crippen LogP contribution >= 0.6 is 0 Å². The highest BCUT2D eigenvalue weighted by molar-refractivity contribution is 6.24. The predicted molar refractivity (Wildman–Crippen MR) is 149 cm³/mol. The standard InChI is InChI=1S/C31H34N2O8/c1-4-33(5-2)14-15-6-9-23(41-3)19(10-15)18-7-8-21(34)25-20(18)12-16-11-17-13-22(35)26(30(32)39)29(38)31(17,40)28(37)24(16)27(25)36/h6-10,16-17,34-35,37,40H,4-5,11-14H2,1-3H3,(H2,32,39)/t16-,17+,31+/m1/s1. The highest BCUT2D eigenvalue weighted by atomic mass is 16.5. The lowest BCUT2D eigenvalue weighted by molar-refractivity contribution is -0.144. The summed E-state index contributed by atoms with van der Waals surface area (Å²) in [4.78, 5) is 41.2. The van der Waals surface area contributed by atoms with Crippen LogP contribution in [0.25, 0.3) is 11.1 Å². The Morgan fingerprint density at radius 1 is 1.07 bits per heavy atom. The summed E-state index contributed by atoms with van der Waals surface area (Å²) in [6, 6.07) is 8.99. The van der Waals surface area contributed by atoms with Crippen molar-refractivity contribution in [2.45, 2.75) is 45.3 Å². The first-order valence-electron chi connectivity index (χ1n) is 13.7. The normalized spacial score (nSPS) is 23.8. The number of Topliss-reactive ketones (excluding diaryl/α,β-unsaturated/α-hetero) is 2. The van der Waals surface area contributed by atoms with E-state index in [0.29, 0.717) is 23.4 Å². The number of benzene rings is 2. The molecule has 0 saturated carbocycles. The van der Waals surface area contributed by atoms with Crippen LogP contribution in [-0.2, 0) is 22.6 Å². The number of rotatable bonds is 7. The van der Waals surface area contributed by atoms with Crippen LogP contribution in [0.2, 0.25) is 0 Å². The first-order valence-corrected chi connectivity index (χ1v) is 13.7. The van der Waals surface area contributed by atoms with Crippen molar-refractivity contribution in [1.29, 1.82) is 0 Å². The Hall–Kier alpha value is -4.15. The Labute approximate surface area is 237 Å². The number of carbonyl (C=O) groups is 3. The monoisotopic (exact) mass is 562 g/mol. The summed E-state index contributed by atoms with van der Waals surface area (Å²) in [5.41, 5.74) is 4.68. The van der Waals surface area contributed by atoms with Gasteiger partial charge in [0.2, 0.25) is 5.78 Å². The number of aliphatic hydroxyl groups excluding tert-OH is 2. The fraction of sp³-hybridized carbons (Fsp3) is 0.387. The quantitative estimate of drug-likeness (QED) is 0.318. The molecule has 0 spiro atoms. The van der Waals surface area contributed by atoms with E-state index in [1.54, 1.807) is 13.2 Å². The second-order valence-electron chi connectivity index (χ2n) is 10.9. The Bertz CT molecular complexity index is 1540. The Kier molecular flexibility index (Phi) is 7.17. The van der Waals surface area contributed by atoms with E-state index in [2.05, 4.69) is 18.7 Å². The van der Waals surface area contributed by atoms with Crippen molar-refractivity contribution < 1.29 is 39.5 Å². The third-order valence-electron chi connectivity index (χ3n) is 8.80. The molecular formula is C31H34N2O8. The zero-order chi connectivity index (χ0) is 29.8. The van der Waals surface area contributed by atoms with Gasteiger partial charge in [-0.05, 0) is 66.7 Å². The molecule has 3 atom stereocenters. The van der Waals surface area contributed by atoms with Crippen molar-refractivity contribution in [2.24, 2.45) is 17.6 Å². The van der Waals surface area contributed by atoms with Gasteiger partial charge < -0.3 is 30.9 Å². The summed E-state index contributed by atoms with van der Waals surface area (Å²) < 4.78 is 5.67. The number of fused-ring (bicyclic) bond motifs is 3. The SMILES string of the molecule is CCN(CC)Cc1ccc(OC)c(-c2ccc(O)c3c2C[C@H]2C[C@H]4CC(O)=C(C(N)=O)C(=O)[C@@]4(O)C(O)=C2C3=O)c1.